The molecule has 0 aliphatic heterocycles. The molecule has 1 unspecified atom stereocenters. The van der Waals surface area contributed by atoms with Crippen LogP contribution in [0.15, 0.2) is 39.3 Å². The van der Waals surface area contributed by atoms with Crippen molar-refractivity contribution in [2.75, 3.05) is 7.11 Å². The monoisotopic (exact) mass is 421 g/mol. The van der Waals surface area contributed by atoms with Crippen LogP contribution < -0.4 is 10.5 Å². The molecule has 0 aliphatic carbocycles. The lowest BCUT2D eigenvalue weighted by molar-refractivity contribution is 0.404. The Hall–Kier alpha value is -0.620. The van der Waals surface area contributed by atoms with Gasteiger partial charge in [-0.05, 0) is 55.6 Å². The van der Waals surface area contributed by atoms with Crippen molar-refractivity contribution in [2.24, 2.45) is 5.73 Å². The summed E-state index contributed by atoms with van der Waals surface area (Å²) >= 11 is 12.6. The van der Waals surface area contributed by atoms with Crippen LogP contribution in [0.3, 0.4) is 0 Å². The summed E-state index contributed by atoms with van der Waals surface area (Å²) in [5.41, 5.74) is 7.73. The second-order valence-electron chi connectivity index (χ2n) is 4.16. The highest BCUT2D eigenvalue weighted by Crippen LogP contribution is 2.34. The molecule has 0 amide bonds. The van der Waals surface area contributed by atoms with Gasteiger partial charge in [0.1, 0.15) is 11.6 Å². The number of ether oxygens (including phenoxy) is 1. The van der Waals surface area contributed by atoms with Gasteiger partial charge in [0.25, 0.3) is 0 Å². The Kier molecular flexibility index (Phi) is 5.07. The minimum atomic E-state index is -0.465. The van der Waals surface area contributed by atoms with Crippen LogP contribution in [0.5, 0.6) is 5.75 Å². The fourth-order valence-electron chi connectivity index (χ4n) is 1.85. The maximum absolute atomic E-state index is 13.5. The van der Waals surface area contributed by atoms with Crippen molar-refractivity contribution in [3.63, 3.8) is 0 Å². The lowest BCUT2D eigenvalue weighted by atomic mass is 9.99. The van der Waals surface area contributed by atoms with Gasteiger partial charge in [0, 0.05) is 16.1 Å². The third-order valence-electron chi connectivity index (χ3n) is 2.91. The quantitative estimate of drug-likeness (QED) is 0.749. The molecule has 0 aromatic heterocycles. The smallest absolute Gasteiger partial charge is 0.141 e. The first-order valence-electron chi connectivity index (χ1n) is 5.67. The molecule has 2 aromatic carbocycles. The van der Waals surface area contributed by atoms with Gasteiger partial charge in [-0.3, -0.25) is 0 Å². The molecular weight excluding hydrogens is 412 g/mol. The summed E-state index contributed by atoms with van der Waals surface area (Å²) in [7, 11) is 1.48. The van der Waals surface area contributed by atoms with E-state index in [0.29, 0.717) is 20.8 Å². The Morgan fingerprint density at radius 3 is 2.50 bits per heavy atom. The van der Waals surface area contributed by atoms with E-state index in [9.17, 15) is 4.39 Å². The fourth-order valence-corrected chi connectivity index (χ4v) is 2.65. The third-order valence-corrected chi connectivity index (χ3v) is 4.75. The van der Waals surface area contributed by atoms with E-state index in [1.807, 2.05) is 12.1 Å². The molecule has 20 heavy (non-hydrogen) atoms. The molecule has 0 aliphatic rings. The predicted molar refractivity (Wildman–Crippen MR) is 85.8 cm³/mol. The molecule has 1 atom stereocenters. The van der Waals surface area contributed by atoms with Gasteiger partial charge in [0.05, 0.1) is 22.6 Å². The summed E-state index contributed by atoms with van der Waals surface area (Å²) in [6.07, 6.45) is 0. The molecule has 106 valence electrons. The largest absolute Gasteiger partial charge is 0.496 e. The maximum Gasteiger partial charge on any atom is 0.141 e. The van der Waals surface area contributed by atoms with Crippen LogP contribution in [0.1, 0.15) is 17.2 Å². The normalized spacial score (nSPS) is 12.3. The van der Waals surface area contributed by atoms with Crippen LogP contribution >= 0.6 is 43.5 Å². The molecular formula is C14H11Br2ClFNO. The molecule has 0 spiro atoms. The Bertz CT molecular complexity index is 651. The van der Waals surface area contributed by atoms with E-state index in [1.54, 1.807) is 12.1 Å². The maximum atomic E-state index is 13.5. The zero-order chi connectivity index (χ0) is 14.9. The fraction of sp³-hybridized carbons (Fsp3) is 0.143. The van der Waals surface area contributed by atoms with E-state index < -0.39 is 11.9 Å². The molecule has 6 heteroatoms. The van der Waals surface area contributed by atoms with E-state index in [0.717, 1.165) is 10.0 Å². The number of halogens is 4. The number of rotatable bonds is 3. The highest BCUT2D eigenvalue weighted by atomic mass is 79.9. The molecule has 0 heterocycles. The zero-order valence-electron chi connectivity index (χ0n) is 10.5. The number of methoxy groups -OCH3 is 1. The first kappa shape index (κ1) is 15.8. The second kappa shape index (κ2) is 6.43. The van der Waals surface area contributed by atoms with E-state index in [2.05, 4.69) is 31.9 Å². The van der Waals surface area contributed by atoms with E-state index in [-0.39, 0.29) is 0 Å². The Morgan fingerprint density at radius 2 is 1.90 bits per heavy atom. The number of hydrogen-bond acceptors (Lipinski definition) is 2. The zero-order valence-corrected chi connectivity index (χ0v) is 14.4. The van der Waals surface area contributed by atoms with Crippen LogP contribution in [0, 0.1) is 5.82 Å². The van der Waals surface area contributed by atoms with Crippen molar-refractivity contribution in [1.82, 2.24) is 0 Å². The van der Waals surface area contributed by atoms with Gasteiger partial charge < -0.3 is 10.5 Å². The van der Waals surface area contributed by atoms with Crippen molar-refractivity contribution < 1.29 is 9.13 Å². The number of benzene rings is 2. The standard InChI is InChI=1S/C14H11Br2ClFNO/c1-20-13-6-12(18)10(16)5-8(13)14(19)7-2-3-9(15)11(17)4-7/h2-6,14H,19H2,1H3. The summed E-state index contributed by atoms with van der Waals surface area (Å²) < 4.78 is 19.9. The van der Waals surface area contributed by atoms with Crippen LogP contribution in [0.4, 0.5) is 4.39 Å². The van der Waals surface area contributed by atoms with Gasteiger partial charge in [0.2, 0.25) is 0 Å². The second-order valence-corrected chi connectivity index (χ2v) is 6.28. The molecule has 0 radical (unpaired) electrons. The van der Waals surface area contributed by atoms with Gasteiger partial charge in [-0.25, -0.2) is 4.39 Å². The van der Waals surface area contributed by atoms with Gasteiger partial charge in [-0.1, -0.05) is 17.7 Å². The molecule has 2 nitrogen and oxygen atoms in total. The number of nitrogens with two attached hydrogens (primary N) is 1. The molecule has 2 rings (SSSR count). The minimum Gasteiger partial charge on any atom is -0.496 e. The van der Waals surface area contributed by atoms with Crippen molar-refractivity contribution >= 4 is 43.5 Å². The summed E-state index contributed by atoms with van der Waals surface area (Å²) in [5, 5.41) is 0.568. The Balaban J connectivity index is 2.49. The van der Waals surface area contributed by atoms with Crippen LogP contribution in [-0.2, 0) is 0 Å². The van der Waals surface area contributed by atoms with Gasteiger partial charge in [-0.15, -0.1) is 0 Å². The predicted octanol–water partition coefficient (Wildman–Crippen LogP) is 5.06. The van der Waals surface area contributed by atoms with Crippen LogP contribution in [0.2, 0.25) is 5.02 Å². The molecule has 0 saturated heterocycles. The van der Waals surface area contributed by atoms with E-state index >= 15 is 0 Å². The SMILES string of the molecule is COc1cc(F)c(Br)cc1C(N)c1ccc(Br)c(Cl)c1. The Labute approximate surface area is 138 Å². The lowest BCUT2D eigenvalue weighted by Crippen LogP contribution is -2.13. The first-order chi connectivity index (χ1) is 9.43. The van der Waals surface area contributed by atoms with E-state index in [4.69, 9.17) is 22.1 Å². The summed E-state index contributed by atoms with van der Waals surface area (Å²) in [6.45, 7) is 0. The topological polar surface area (TPSA) is 35.2 Å². The lowest BCUT2D eigenvalue weighted by Gasteiger charge is -2.17. The molecule has 2 N–H and O–H groups in total. The molecule has 0 bridgehead atoms. The van der Waals surface area contributed by atoms with Crippen molar-refractivity contribution in [3.8, 4) is 5.75 Å². The van der Waals surface area contributed by atoms with Crippen LogP contribution in [0.25, 0.3) is 0 Å². The van der Waals surface area contributed by atoms with Gasteiger partial charge >= 0.3 is 0 Å². The minimum absolute atomic E-state index is 0.340. The van der Waals surface area contributed by atoms with Crippen molar-refractivity contribution in [3.05, 3.63) is 61.2 Å². The molecule has 0 fully saturated rings. The first-order valence-corrected chi connectivity index (χ1v) is 7.64. The van der Waals surface area contributed by atoms with Crippen molar-refractivity contribution in [1.29, 1.82) is 0 Å². The third kappa shape index (κ3) is 3.17. The van der Waals surface area contributed by atoms with Gasteiger partial charge in [-0.2, -0.15) is 0 Å². The average Bonchev–Trinajstić information content (AvgIpc) is 2.43. The molecule has 2 aromatic rings. The summed E-state index contributed by atoms with van der Waals surface area (Å²) in [4.78, 5) is 0. The summed E-state index contributed by atoms with van der Waals surface area (Å²) in [5.74, 6) is 0.00359. The van der Waals surface area contributed by atoms with Gasteiger partial charge in [0.15, 0.2) is 0 Å². The highest BCUT2D eigenvalue weighted by molar-refractivity contribution is 9.10. The van der Waals surface area contributed by atoms with Crippen LogP contribution in [-0.4, -0.2) is 7.11 Å². The highest BCUT2D eigenvalue weighted by Gasteiger charge is 2.17. The average molecular weight is 424 g/mol. The Morgan fingerprint density at radius 1 is 1.20 bits per heavy atom. The number of hydrogen-bond donors (Lipinski definition) is 1. The molecule has 0 saturated carbocycles. The summed E-state index contributed by atoms with van der Waals surface area (Å²) in [6, 6.07) is 7.91. The van der Waals surface area contributed by atoms with Crippen molar-refractivity contribution in [2.45, 2.75) is 6.04 Å². The van der Waals surface area contributed by atoms with E-state index in [1.165, 1.54) is 13.2 Å².